The van der Waals surface area contributed by atoms with Crippen molar-refractivity contribution >= 4 is 123 Å². The molecular weight excluding hydrogens is 1780 g/mol. The number of nitrogens with zero attached hydrogens (tertiary/aromatic N) is 5. The minimum Gasteiger partial charge on any atom is -0.508 e. The van der Waals surface area contributed by atoms with Crippen LogP contribution in [-0.2, 0) is 114 Å². The fourth-order valence-corrected chi connectivity index (χ4v) is 17.5. The van der Waals surface area contributed by atoms with Crippen LogP contribution in [0.5, 0.6) is 11.5 Å². The number of nitrogens with one attached hydrogen (secondary N) is 10. The van der Waals surface area contributed by atoms with Crippen molar-refractivity contribution in [2.45, 2.75) is 222 Å². The Labute approximate surface area is 782 Å². The van der Waals surface area contributed by atoms with Crippen LogP contribution in [0.1, 0.15) is 139 Å². The predicted molar refractivity (Wildman–Crippen MR) is 487 cm³/mol. The molecule has 41 heteroatoms. The number of phenolic OH excluding ortho intramolecular Hbond substituents is 2. The molecule has 0 unspecified atom stereocenters. The third-order valence-electron chi connectivity index (χ3n) is 24.0. The Morgan fingerprint density at radius 1 is 0.504 bits per heavy atom. The summed E-state index contributed by atoms with van der Waals surface area (Å²) in [6, 6.07) is 5.61. The van der Waals surface area contributed by atoms with E-state index in [9.17, 15) is 58.4 Å². The molecule has 0 spiro atoms. The van der Waals surface area contributed by atoms with Crippen LogP contribution in [0, 0.1) is 29.3 Å². The van der Waals surface area contributed by atoms with Gasteiger partial charge in [0, 0.05) is 95.6 Å². The quantitative estimate of drug-likeness (QED) is 0.0387. The number of benzene rings is 5. The van der Waals surface area contributed by atoms with E-state index in [4.69, 9.17) is 5.73 Å². The molecule has 3 fully saturated rings. The highest BCUT2D eigenvalue weighted by atomic mass is 32.2. The number of carbonyl (C=O) groups is 17. The smallest absolute Gasteiger partial charge is 0.305 e. The summed E-state index contributed by atoms with van der Waals surface area (Å²) in [5, 5.41) is 65.4. The van der Waals surface area contributed by atoms with Crippen LogP contribution >= 0.6 is 11.8 Å². The SMILES string of the molecule is CCCC[C@H]1C(=O)N2CCC[C@@H]2C(=O)N[C@@H](CC(=O)O)C(=O)N[C@H](C(C)C)C(=O)N(C)[C@@H](Cc2ccccc2)C(=O)N[C@@H](CCC(=O)O)C(=O)N2CCCC[C@@H]2C(=O)N[C@H](Cc2c[nH]c3ccccc23)C(=O)N[C@@H](Cc2ccc(O)cc2)C(=O)N[C@@H](CC(C)C)C(=O)N[C@H](C(=O)NCC(N)=O)CSCC(=O)N[C@@H](Cc2cc(F)c(F)c(F)c2)C(=O)N(C)[C@@H](Cc2ccc(O)cc2)C(=O)N1C. The van der Waals surface area contributed by atoms with E-state index in [1.165, 1.54) is 76.5 Å². The lowest BCUT2D eigenvalue weighted by atomic mass is 9.97. The van der Waals surface area contributed by atoms with Gasteiger partial charge in [0.1, 0.15) is 90.0 Å². The van der Waals surface area contributed by atoms with Crippen molar-refractivity contribution in [3.63, 3.8) is 0 Å². The van der Waals surface area contributed by atoms with Crippen molar-refractivity contribution in [3.8, 4) is 11.5 Å². The number of H-pyrrole nitrogens is 1. The first-order chi connectivity index (χ1) is 64.1. The maximum Gasteiger partial charge on any atom is 0.305 e. The first kappa shape index (κ1) is 105. The zero-order valence-corrected chi connectivity index (χ0v) is 77.2. The third-order valence-corrected chi connectivity index (χ3v) is 25.0. The highest BCUT2D eigenvalue weighted by Crippen LogP contribution is 2.29. The molecule has 37 nitrogen and oxygen atoms in total. The van der Waals surface area contributed by atoms with E-state index in [0.29, 0.717) is 69.9 Å². The van der Waals surface area contributed by atoms with Crippen molar-refractivity contribution in [3.05, 3.63) is 167 Å². The summed E-state index contributed by atoms with van der Waals surface area (Å²) >= 11 is 0.649. The summed E-state index contributed by atoms with van der Waals surface area (Å²) in [5.74, 6) is -26.5. The van der Waals surface area contributed by atoms with E-state index in [-0.39, 0.29) is 88.8 Å². The van der Waals surface area contributed by atoms with E-state index < -0.39 is 264 Å². The molecule has 3 aliphatic rings. The van der Waals surface area contributed by atoms with Gasteiger partial charge in [0.2, 0.25) is 88.6 Å². The summed E-state index contributed by atoms with van der Waals surface area (Å²) in [4.78, 5) is 259. The molecule has 0 saturated carbocycles. The van der Waals surface area contributed by atoms with Crippen molar-refractivity contribution < 1.29 is 115 Å². The van der Waals surface area contributed by atoms with Crippen LogP contribution in [0.4, 0.5) is 13.2 Å². The molecule has 9 rings (SSSR count). The normalized spacial score (nSPS) is 23.5. The monoisotopic (exact) mass is 1900 g/mol. The summed E-state index contributed by atoms with van der Waals surface area (Å²) in [6.45, 7) is 7.12. The molecular formula is C94H119F3N16O21S. The van der Waals surface area contributed by atoms with Gasteiger partial charge >= 0.3 is 11.9 Å². The number of rotatable bonds is 24. The number of nitrogens with two attached hydrogens (primary N) is 1. The molecule has 728 valence electrons. The van der Waals surface area contributed by atoms with E-state index in [1.807, 2.05) is 0 Å². The first-order valence-electron chi connectivity index (χ1n) is 44.8. The summed E-state index contributed by atoms with van der Waals surface area (Å²) in [7, 11) is 3.62. The third kappa shape index (κ3) is 29.4. The molecule has 13 atom stereocenters. The van der Waals surface area contributed by atoms with Crippen LogP contribution in [0.3, 0.4) is 0 Å². The van der Waals surface area contributed by atoms with Gasteiger partial charge < -0.3 is 103 Å². The van der Waals surface area contributed by atoms with Gasteiger partial charge in [-0.3, -0.25) is 81.5 Å². The second kappa shape index (κ2) is 49.4. The van der Waals surface area contributed by atoms with E-state index in [1.54, 1.807) is 81.6 Å². The van der Waals surface area contributed by atoms with Gasteiger partial charge in [-0.2, -0.15) is 0 Å². The number of carboxylic acid groups (broad SMARTS) is 2. The second-order valence-corrected chi connectivity index (χ2v) is 35.9. The van der Waals surface area contributed by atoms with Gasteiger partial charge in [-0.15, -0.1) is 11.8 Å². The number of aromatic hydroxyl groups is 2. The lowest BCUT2D eigenvalue weighted by Gasteiger charge is -2.38. The summed E-state index contributed by atoms with van der Waals surface area (Å²) in [6.07, 6.45) is -1.98. The van der Waals surface area contributed by atoms with E-state index in [0.717, 1.165) is 31.5 Å². The second-order valence-electron chi connectivity index (χ2n) is 34.9. The topological polar surface area (TPSA) is 537 Å². The first-order valence-corrected chi connectivity index (χ1v) is 46.0. The van der Waals surface area contributed by atoms with Crippen molar-refractivity contribution in [1.82, 2.24) is 77.3 Å². The van der Waals surface area contributed by atoms with Gasteiger partial charge in [-0.25, -0.2) is 13.2 Å². The number of aromatic amines is 1. The number of unbranched alkanes of at least 4 members (excludes halogenated alkanes) is 1. The zero-order valence-electron chi connectivity index (χ0n) is 76.3. The number of para-hydroxylation sites is 1. The van der Waals surface area contributed by atoms with Crippen LogP contribution in [0.2, 0.25) is 0 Å². The number of halogens is 3. The number of carbonyl (C=O) groups excluding carboxylic acids is 15. The molecule has 5 aromatic carbocycles. The Morgan fingerprint density at radius 2 is 1.02 bits per heavy atom. The number of likely N-dealkylation sites (N-methyl/N-ethyl adjacent to an activating group) is 3. The van der Waals surface area contributed by atoms with Crippen LogP contribution in [0.15, 0.2) is 121 Å². The molecule has 3 aliphatic heterocycles. The average Bonchev–Trinajstić information content (AvgIpc) is 1.76. The molecule has 0 radical (unpaired) electrons. The summed E-state index contributed by atoms with van der Waals surface area (Å²) < 4.78 is 45.1. The standard InChI is InChI=1S/C94H119F3N16O21S/c1-9-10-23-73-93(133)113-37-18-25-72(113)88(128)106-68(46-79(120)121)86(126)108-81(52(4)5)94(134)110(7)74(43-53-19-12-11-13-20-53)89(129)102-64(34-35-78(118)119)91(131)112-36-17-16-24-71(112)87(127)105-67(45-57-47-99-63-22-15-14-21-60(57)63)85(125)104-66(41-54-26-30-58(114)31-27-54)84(124)103-65(38-51(2)3)83(123)107-70(82(122)100-48-76(98)116)49-135-50-77(117)101-69(42-56-39-61(95)80(97)62(96)40-56)90(130)111(8)75(92(132)109(73)6)44-55-28-32-59(115)33-29-55/h11-15,19-22,26-33,39-40,47,51-52,64-75,81,99,114-115H,9-10,16-18,23-25,34-38,41-46,48-50H2,1-8H3,(H2,98,116)(H,100,122)(H,101,117)(H,102,129)(H,103,124)(H,104,125)(H,105,127)(H,106,128)(H,107,123)(H,108,126)(H,118,119)(H,120,121)/t64-,65-,66-,67+,68-,69-,70-,71+,72+,73-,74-,75-,81+/m0/s1. The fraction of sp³-hybridized carbons (Fsp3) is 0.479. The lowest BCUT2D eigenvalue weighted by Crippen LogP contribution is -2.63. The molecule has 0 bridgehead atoms. The average molecular weight is 1900 g/mol. The summed E-state index contributed by atoms with van der Waals surface area (Å²) in [5.41, 5.74) is 7.23. The number of hydrogen-bond acceptors (Lipinski definition) is 20. The largest absolute Gasteiger partial charge is 0.508 e. The maximum absolute atomic E-state index is 15.7. The number of carboxylic acids is 2. The minimum atomic E-state index is -1.98. The number of thioether (sulfide) groups is 1. The van der Waals surface area contributed by atoms with E-state index >= 15 is 56.7 Å². The lowest BCUT2D eigenvalue weighted by molar-refractivity contribution is -0.152. The van der Waals surface area contributed by atoms with Crippen molar-refractivity contribution in [1.29, 1.82) is 0 Å². The Morgan fingerprint density at radius 3 is 1.63 bits per heavy atom. The number of phenols is 2. The minimum absolute atomic E-state index is 0.0573. The molecule has 15 amide bonds. The molecule has 0 aliphatic carbocycles. The van der Waals surface area contributed by atoms with Gasteiger partial charge in [0.15, 0.2) is 17.5 Å². The van der Waals surface area contributed by atoms with Gasteiger partial charge in [0.25, 0.3) is 0 Å². The van der Waals surface area contributed by atoms with Crippen LogP contribution < -0.4 is 53.6 Å². The number of aromatic nitrogens is 1. The van der Waals surface area contributed by atoms with Gasteiger partial charge in [-0.1, -0.05) is 120 Å². The Hall–Kier alpha value is -13.6. The fourth-order valence-electron chi connectivity index (χ4n) is 16.6. The Kier molecular flexibility index (Phi) is 38.4. The molecule has 135 heavy (non-hydrogen) atoms. The van der Waals surface area contributed by atoms with Crippen LogP contribution in [0.25, 0.3) is 10.9 Å². The molecule has 6 aromatic rings. The Balaban J connectivity index is 1.14. The maximum atomic E-state index is 15.7. The van der Waals surface area contributed by atoms with Gasteiger partial charge in [-0.05, 0) is 133 Å². The number of primary amides is 1. The van der Waals surface area contributed by atoms with Crippen molar-refractivity contribution in [2.75, 3.05) is 52.3 Å². The number of aliphatic carboxylic acids is 2. The van der Waals surface area contributed by atoms with Gasteiger partial charge in [0.05, 0.1) is 18.7 Å². The molecule has 3 saturated heterocycles. The highest BCUT2D eigenvalue weighted by molar-refractivity contribution is 8.00. The molecule has 16 N–H and O–H groups in total. The molecule has 1 aromatic heterocycles. The Bertz CT molecular complexity index is 5260. The zero-order chi connectivity index (χ0) is 98.8. The van der Waals surface area contributed by atoms with Crippen molar-refractivity contribution in [2.24, 2.45) is 17.6 Å². The predicted octanol–water partition coefficient (Wildman–Crippen LogP) is 2.82. The van der Waals surface area contributed by atoms with E-state index in [2.05, 4.69) is 52.8 Å². The molecule has 4 heterocycles. The number of fused-ring (bicyclic) bond motifs is 3. The number of amides is 15. The number of piperidine rings is 1. The number of hydrogen-bond donors (Lipinski definition) is 15. The highest BCUT2D eigenvalue weighted by Gasteiger charge is 2.46. The van der Waals surface area contributed by atoms with Crippen LogP contribution in [-0.4, -0.2) is 281 Å².